The van der Waals surface area contributed by atoms with Gasteiger partial charge in [0.2, 0.25) is 0 Å². The maximum absolute atomic E-state index is 14.8. The maximum atomic E-state index is 14.8. The SMILES string of the molecule is O=C(NC1CCCC1)N1CCc2c([nH]c3ccccc23)C1c1ccccc1F. The third-order valence-corrected chi connectivity index (χ3v) is 6.18. The number of halogens is 1. The molecule has 4 nitrogen and oxygen atoms in total. The number of carbonyl (C=O) groups is 1. The van der Waals surface area contributed by atoms with Gasteiger partial charge in [-0.25, -0.2) is 9.18 Å². The number of aromatic amines is 1. The van der Waals surface area contributed by atoms with E-state index in [0.29, 0.717) is 12.1 Å². The molecule has 1 atom stereocenters. The fraction of sp³-hybridized carbons (Fsp3) is 0.348. The highest BCUT2D eigenvalue weighted by Gasteiger charge is 2.36. The van der Waals surface area contributed by atoms with Crippen LogP contribution in [0.5, 0.6) is 0 Å². The van der Waals surface area contributed by atoms with Crippen molar-refractivity contribution in [2.24, 2.45) is 0 Å². The van der Waals surface area contributed by atoms with Crippen LogP contribution in [0.3, 0.4) is 0 Å². The lowest BCUT2D eigenvalue weighted by Gasteiger charge is -2.37. The first kappa shape index (κ1) is 17.3. The van der Waals surface area contributed by atoms with Crippen LogP contribution in [-0.2, 0) is 6.42 Å². The number of para-hydroxylation sites is 1. The number of hydrogen-bond acceptors (Lipinski definition) is 1. The van der Waals surface area contributed by atoms with Gasteiger partial charge < -0.3 is 15.2 Å². The zero-order valence-electron chi connectivity index (χ0n) is 15.7. The van der Waals surface area contributed by atoms with Gasteiger partial charge >= 0.3 is 6.03 Å². The molecule has 1 aliphatic heterocycles. The minimum Gasteiger partial charge on any atom is -0.356 e. The molecule has 0 spiro atoms. The number of nitrogens with zero attached hydrogens (tertiary/aromatic N) is 1. The van der Waals surface area contributed by atoms with Gasteiger partial charge in [-0.3, -0.25) is 0 Å². The summed E-state index contributed by atoms with van der Waals surface area (Å²) >= 11 is 0. The highest BCUT2D eigenvalue weighted by Crippen LogP contribution is 2.39. The molecule has 1 saturated carbocycles. The minimum atomic E-state index is -0.446. The molecule has 0 saturated heterocycles. The van der Waals surface area contributed by atoms with Crippen LogP contribution in [-0.4, -0.2) is 28.5 Å². The van der Waals surface area contributed by atoms with Crippen molar-refractivity contribution in [1.82, 2.24) is 15.2 Å². The summed E-state index contributed by atoms with van der Waals surface area (Å²) in [6, 6.07) is 14.6. The lowest BCUT2D eigenvalue weighted by molar-refractivity contribution is 0.174. The molecule has 5 heteroatoms. The van der Waals surface area contributed by atoms with Crippen LogP contribution in [0.25, 0.3) is 10.9 Å². The standard InChI is InChI=1S/C23H24FN3O/c24-19-11-5-3-10-18(19)22-21-17(16-9-4-6-12-20(16)26-21)13-14-27(22)23(28)25-15-7-1-2-8-15/h3-6,9-12,15,22,26H,1-2,7-8,13-14H2,(H,25,28). The third-order valence-electron chi connectivity index (χ3n) is 6.18. The number of urea groups is 1. The summed E-state index contributed by atoms with van der Waals surface area (Å²) < 4.78 is 14.8. The topological polar surface area (TPSA) is 48.1 Å². The molecule has 28 heavy (non-hydrogen) atoms. The number of hydrogen-bond donors (Lipinski definition) is 2. The Kier molecular flexibility index (Phi) is 4.30. The summed E-state index contributed by atoms with van der Waals surface area (Å²) in [5.74, 6) is -0.280. The van der Waals surface area contributed by atoms with E-state index in [9.17, 15) is 9.18 Å². The molecule has 2 N–H and O–H groups in total. The maximum Gasteiger partial charge on any atom is 0.318 e. The molecule has 1 fully saturated rings. The number of benzene rings is 2. The van der Waals surface area contributed by atoms with Gasteiger partial charge in [0.1, 0.15) is 11.9 Å². The summed E-state index contributed by atoms with van der Waals surface area (Å²) in [6.45, 7) is 0.576. The Bertz CT molecular complexity index is 1020. The number of carbonyl (C=O) groups excluding carboxylic acids is 1. The molecule has 0 radical (unpaired) electrons. The fourth-order valence-corrected chi connectivity index (χ4v) is 4.81. The molecule has 2 aromatic carbocycles. The average molecular weight is 377 g/mol. The van der Waals surface area contributed by atoms with Gasteiger partial charge in [0.25, 0.3) is 0 Å². The predicted molar refractivity (Wildman–Crippen MR) is 108 cm³/mol. The van der Waals surface area contributed by atoms with Crippen LogP contribution in [0.1, 0.15) is 48.5 Å². The second kappa shape index (κ2) is 6.97. The lowest BCUT2D eigenvalue weighted by atomic mass is 9.92. The van der Waals surface area contributed by atoms with Gasteiger partial charge in [-0.1, -0.05) is 49.2 Å². The summed E-state index contributed by atoms with van der Waals surface area (Å²) in [5.41, 5.74) is 3.69. The Morgan fingerprint density at radius 1 is 1.07 bits per heavy atom. The van der Waals surface area contributed by atoms with Crippen LogP contribution in [0.2, 0.25) is 0 Å². The molecule has 1 unspecified atom stereocenters. The van der Waals surface area contributed by atoms with E-state index in [1.165, 1.54) is 11.6 Å². The number of H-pyrrole nitrogens is 1. The normalized spacial score (nSPS) is 19.8. The first-order valence-corrected chi connectivity index (χ1v) is 10.1. The monoisotopic (exact) mass is 377 g/mol. The Morgan fingerprint density at radius 2 is 1.82 bits per heavy atom. The summed E-state index contributed by atoms with van der Waals surface area (Å²) in [5, 5.41) is 4.34. The molecular formula is C23H24FN3O. The van der Waals surface area contributed by atoms with Gasteiger partial charge in [0.05, 0.1) is 0 Å². The van der Waals surface area contributed by atoms with Crippen molar-refractivity contribution in [3.8, 4) is 0 Å². The van der Waals surface area contributed by atoms with E-state index < -0.39 is 6.04 Å². The van der Waals surface area contributed by atoms with E-state index in [2.05, 4.69) is 16.4 Å². The van der Waals surface area contributed by atoms with Crippen LogP contribution in [0, 0.1) is 5.82 Å². The number of aromatic nitrogens is 1. The van der Waals surface area contributed by atoms with Crippen molar-refractivity contribution >= 4 is 16.9 Å². The van der Waals surface area contributed by atoms with Crippen LogP contribution < -0.4 is 5.32 Å². The van der Waals surface area contributed by atoms with Crippen molar-refractivity contribution in [2.45, 2.75) is 44.2 Å². The van der Waals surface area contributed by atoms with Crippen molar-refractivity contribution < 1.29 is 9.18 Å². The van der Waals surface area contributed by atoms with Crippen molar-refractivity contribution in [3.63, 3.8) is 0 Å². The zero-order chi connectivity index (χ0) is 19.1. The molecule has 5 rings (SSSR count). The summed E-state index contributed by atoms with van der Waals surface area (Å²) in [7, 11) is 0. The molecule has 2 aliphatic rings. The number of nitrogens with one attached hydrogen (secondary N) is 2. The number of rotatable bonds is 2. The highest BCUT2D eigenvalue weighted by molar-refractivity contribution is 5.86. The van der Waals surface area contributed by atoms with Gasteiger partial charge in [-0.2, -0.15) is 0 Å². The van der Waals surface area contributed by atoms with Crippen molar-refractivity contribution in [3.05, 3.63) is 71.2 Å². The summed E-state index contributed by atoms with van der Waals surface area (Å²) in [6.07, 6.45) is 5.15. The molecule has 0 bridgehead atoms. The molecule has 144 valence electrons. The molecule has 3 aromatic rings. The Balaban J connectivity index is 1.59. The van der Waals surface area contributed by atoms with Gasteiger partial charge in [-0.05, 0) is 37.0 Å². The first-order chi connectivity index (χ1) is 13.7. The second-order valence-electron chi connectivity index (χ2n) is 7.86. The van der Waals surface area contributed by atoms with E-state index >= 15 is 0 Å². The van der Waals surface area contributed by atoms with Gasteiger partial charge in [0, 0.05) is 34.7 Å². The molecule has 2 heterocycles. The number of amides is 2. The Labute approximate surface area is 163 Å². The van der Waals surface area contributed by atoms with Crippen LogP contribution >= 0.6 is 0 Å². The first-order valence-electron chi connectivity index (χ1n) is 10.1. The smallest absolute Gasteiger partial charge is 0.318 e. The Morgan fingerprint density at radius 3 is 2.64 bits per heavy atom. The third kappa shape index (κ3) is 2.86. The largest absolute Gasteiger partial charge is 0.356 e. The molecule has 2 amide bonds. The zero-order valence-corrected chi connectivity index (χ0v) is 15.7. The lowest BCUT2D eigenvalue weighted by Crippen LogP contribution is -2.48. The van der Waals surface area contributed by atoms with E-state index in [-0.39, 0.29) is 17.9 Å². The van der Waals surface area contributed by atoms with Crippen LogP contribution in [0.4, 0.5) is 9.18 Å². The molecule has 1 aliphatic carbocycles. The van der Waals surface area contributed by atoms with Crippen LogP contribution in [0.15, 0.2) is 48.5 Å². The minimum absolute atomic E-state index is 0.0931. The van der Waals surface area contributed by atoms with E-state index in [1.807, 2.05) is 24.3 Å². The molecular weight excluding hydrogens is 353 g/mol. The van der Waals surface area contributed by atoms with Gasteiger partial charge in [0.15, 0.2) is 0 Å². The summed E-state index contributed by atoms with van der Waals surface area (Å²) in [4.78, 5) is 18.4. The van der Waals surface area contributed by atoms with E-state index in [1.54, 1.807) is 17.0 Å². The average Bonchev–Trinajstić information content (AvgIpc) is 3.35. The second-order valence-corrected chi connectivity index (χ2v) is 7.86. The molecule has 1 aromatic heterocycles. The number of fused-ring (bicyclic) bond motifs is 3. The van der Waals surface area contributed by atoms with E-state index in [0.717, 1.165) is 48.7 Å². The fourth-order valence-electron chi connectivity index (χ4n) is 4.81. The van der Waals surface area contributed by atoms with Gasteiger partial charge in [-0.15, -0.1) is 0 Å². The Hall–Kier alpha value is -2.82. The predicted octanol–water partition coefficient (Wildman–Crippen LogP) is 4.91. The quantitative estimate of drug-likeness (QED) is 0.655. The van der Waals surface area contributed by atoms with E-state index in [4.69, 9.17) is 0 Å². The van der Waals surface area contributed by atoms with Crippen molar-refractivity contribution in [2.75, 3.05) is 6.54 Å². The van der Waals surface area contributed by atoms with Crippen molar-refractivity contribution in [1.29, 1.82) is 0 Å². The highest BCUT2D eigenvalue weighted by atomic mass is 19.1.